The van der Waals surface area contributed by atoms with E-state index in [2.05, 4.69) is 15.9 Å². The van der Waals surface area contributed by atoms with Crippen LogP contribution in [-0.4, -0.2) is 5.84 Å². The minimum absolute atomic E-state index is 0.00639. The van der Waals surface area contributed by atoms with Gasteiger partial charge in [0.2, 0.25) is 0 Å². The van der Waals surface area contributed by atoms with Crippen LogP contribution < -0.4 is 4.90 Å². The number of hydrogen-bond donors (Lipinski definition) is 1. The fraction of sp³-hybridized carbons (Fsp3) is 0.133. The van der Waals surface area contributed by atoms with Crippen LogP contribution in [0.5, 0.6) is 0 Å². The van der Waals surface area contributed by atoms with Crippen molar-refractivity contribution in [1.29, 1.82) is 5.41 Å². The maximum absolute atomic E-state index is 13.2. The Morgan fingerprint density at radius 2 is 1.81 bits per heavy atom. The predicted molar refractivity (Wildman–Crippen MR) is 78.6 cm³/mol. The Morgan fingerprint density at radius 1 is 1.10 bits per heavy atom. The summed E-state index contributed by atoms with van der Waals surface area (Å²) in [4.78, 5) is 1.39. The average Bonchev–Trinajstić information content (AvgIpc) is 2.76. The molecule has 108 valence electrons. The molecule has 0 spiro atoms. The van der Waals surface area contributed by atoms with Gasteiger partial charge in [-0.2, -0.15) is 13.2 Å². The summed E-state index contributed by atoms with van der Waals surface area (Å²) in [5.74, 6) is 0.0958. The number of hydrogen-bond acceptors (Lipinski definition) is 1. The van der Waals surface area contributed by atoms with Crippen molar-refractivity contribution in [3.8, 4) is 0 Å². The lowest BCUT2D eigenvalue weighted by Gasteiger charge is -2.23. The average molecular weight is 355 g/mol. The third-order valence-electron chi connectivity index (χ3n) is 3.43. The van der Waals surface area contributed by atoms with Crippen molar-refractivity contribution < 1.29 is 13.2 Å². The normalized spacial score (nSPS) is 14.5. The first-order valence-corrected chi connectivity index (χ1v) is 6.98. The maximum atomic E-state index is 13.2. The summed E-state index contributed by atoms with van der Waals surface area (Å²) < 4.78 is 40.0. The Kier molecular flexibility index (Phi) is 3.28. The van der Waals surface area contributed by atoms with Crippen molar-refractivity contribution in [2.45, 2.75) is 12.7 Å². The van der Waals surface area contributed by atoms with Gasteiger partial charge in [0.1, 0.15) is 5.84 Å². The van der Waals surface area contributed by atoms with E-state index in [0.717, 1.165) is 11.6 Å². The smallest absolute Gasteiger partial charge is 0.321 e. The third-order valence-corrected chi connectivity index (χ3v) is 3.92. The number of nitrogens with zero attached hydrogens (tertiary/aromatic N) is 1. The number of benzene rings is 2. The molecular weight excluding hydrogens is 345 g/mol. The van der Waals surface area contributed by atoms with Gasteiger partial charge < -0.3 is 4.90 Å². The number of fused-ring (bicyclic) bond motifs is 1. The molecule has 0 bridgehead atoms. The minimum atomic E-state index is -4.46. The van der Waals surface area contributed by atoms with E-state index in [0.29, 0.717) is 10.0 Å². The minimum Gasteiger partial charge on any atom is -0.321 e. The zero-order valence-electron chi connectivity index (χ0n) is 10.7. The standard InChI is InChI=1S/C15H10BrF3N2/c16-10-5-6-13(12(7-10)15(17,18)19)21-8-9-3-1-2-4-11(9)14(21)20/h1-7,20H,8H2. The molecule has 0 aliphatic carbocycles. The van der Waals surface area contributed by atoms with E-state index in [1.165, 1.54) is 11.0 Å². The number of anilines is 1. The SMILES string of the molecule is N=C1c2ccccc2CN1c1ccc(Br)cc1C(F)(F)F. The van der Waals surface area contributed by atoms with Gasteiger partial charge in [-0.15, -0.1) is 0 Å². The summed E-state index contributed by atoms with van der Waals surface area (Å²) >= 11 is 3.07. The van der Waals surface area contributed by atoms with E-state index in [4.69, 9.17) is 5.41 Å². The number of nitrogens with one attached hydrogen (secondary N) is 1. The Bertz CT molecular complexity index is 725. The Labute approximate surface area is 127 Å². The number of halogens is 4. The molecule has 1 N–H and O–H groups in total. The monoisotopic (exact) mass is 354 g/mol. The zero-order valence-corrected chi connectivity index (χ0v) is 12.3. The molecule has 0 fully saturated rings. The molecule has 0 amide bonds. The summed E-state index contributed by atoms with van der Waals surface area (Å²) in [5, 5.41) is 8.13. The predicted octanol–water partition coefficient (Wildman–Crippen LogP) is 4.81. The molecule has 1 aliphatic heterocycles. The second-order valence-electron chi connectivity index (χ2n) is 4.75. The van der Waals surface area contributed by atoms with Crippen LogP contribution in [0.25, 0.3) is 0 Å². The van der Waals surface area contributed by atoms with Crippen molar-refractivity contribution in [2.75, 3.05) is 4.90 Å². The van der Waals surface area contributed by atoms with Crippen molar-refractivity contribution in [3.63, 3.8) is 0 Å². The molecule has 1 heterocycles. The van der Waals surface area contributed by atoms with Crippen LogP contribution in [0.15, 0.2) is 46.9 Å². The summed E-state index contributed by atoms with van der Waals surface area (Å²) in [6.07, 6.45) is -4.46. The number of rotatable bonds is 1. The van der Waals surface area contributed by atoms with E-state index in [-0.39, 0.29) is 18.1 Å². The first-order valence-electron chi connectivity index (χ1n) is 6.19. The first kappa shape index (κ1) is 14.1. The highest BCUT2D eigenvalue weighted by atomic mass is 79.9. The lowest BCUT2D eigenvalue weighted by atomic mass is 10.1. The van der Waals surface area contributed by atoms with Gasteiger partial charge in [0.25, 0.3) is 0 Å². The van der Waals surface area contributed by atoms with Gasteiger partial charge in [0.15, 0.2) is 0 Å². The van der Waals surface area contributed by atoms with E-state index < -0.39 is 11.7 Å². The summed E-state index contributed by atoms with van der Waals surface area (Å²) in [6.45, 7) is 0.277. The summed E-state index contributed by atoms with van der Waals surface area (Å²) in [5.41, 5.74) is 0.799. The second kappa shape index (κ2) is 4.87. The molecule has 0 radical (unpaired) electrons. The Morgan fingerprint density at radius 3 is 2.48 bits per heavy atom. The van der Waals surface area contributed by atoms with Gasteiger partial charge in [-0.1, -0.05) is 40.2 Å². The molecule has 0 saturated heterocycles. The van der Waals surface area contributed by atoms with Crippen LogP contribution >= 0.6 is 15.9 Å². The van der Waals surface area contributed by atoms with E-state index in [1.54, 1.807) is 18.2 Å². The van der Waals surface area contributed by atoms with Gasteiger partial charge in [-0.25, -0.2) is 0 Å². The molecule has 3 rings (SSSR count). The molecule has 2 nitrogen and oxygen atoms in total. The topological polar surface area (TPSA) is 27.1 Å². The highest BCUT2D eigenvalue weighted by Crippen LogP contribution is 2.40. The molecule has 0 saturated carbocycles. The molecule has 0 unspecified atom stereocenters. The van der Waals surface area contributed by atoms with Crippen molar-refractivity contribution in [1.82, 2.24) is 0 Å². The Hall–Kier alpha value is -1.82. The lowest BCUT2D eigenvalue weighted by molar-refractivity contribution is -0.137. The highest BCUT2D eigenvalue weighted by molar-refractivity contribution is 9.10. The second-order valence-corrected chi connectivity index (χ2v) is 5.67. The third kappa shape index (κ3) is 2.44. The van der Waals surface area contributed by atoms with Crippen LogP contribution in [0.4, 0.5) is 18.9 Å². The largest absolute Gasteiger partial charge is 0.418 e. The van der Waals surface area contributed by atoms with Crippen molar-refractivity contribution in [3.05, 3.63) is 63.6 Å². The zero-order chi connectivity index (χ0) is 15.2. The molecule has 2 aromatic carbocycles. The van der Waals surface area contributed by atoms with Crippen LogP contribution in [0.2, 0.25) is 0 Å². The van der Waals surface area contributed by atoms with Gasteiger partial charge in [0.05, 0.1) is 17.8 Å². The molecule has 2 aromatic rings. The van der Waals surface area contributed by atoms with Crippen LogP contribution in [0.1, 0.15) is 16.7 Å². The summed E-state index contributed by atoms with van der Waals surface area (Å²) in [7, 11) is 0. The fourth-order valence-corrected chi connectivity index (χ4v) is 2.82. The maximum Gasteiger partial charge on any atom is 0.418 e. The molecule has 0 aromatic heterocycles. The van der Waals surface area contributed by atoms with Gasteiger partial charge in [0, 0.05) is 10.0 Å². The van der Waals surface area contributed by atoms with Crippen LogP contribution in [0, 0.1) is 5.41 Å². The molecule has 1 aliphatic rings. The first-order chi connectivity index (χ1) is 9.88. The van der Waals surface area contributed by atoms with Crippen LogP contribution in [0.3, 0.4) is 0 Å². The summed E-state index contributed by atoms with van der Waals surface area (Å²) in [6, 6.07) is 11.2. The van der Waals surface area contributed by atoms with Gasteiger partial charge in [-0.05, 0) is 23.8 Å². The van der Waals surface area contributed by atoms with Crippen molar-refractivity contribution >= 4 is 27.5 Å². The van der Waals surface area contributed by atoms with E-state index in [1.807, 2.05) is 12.1 Å². The van der Waals surface area contributed by atoms with Crippen molar-refractivity contribution in [2.24, 2.45) is 0 Å². The van der Waals surface area contributed by atoms with Gasteiger partial charge >= 0.3 is 6.18 Å². The number of amidine groups is 1. The Balaban J connectivity index is 2.10. The molecular formula is C15H10BrF3N2. The number of alkyl halides is 3. The molecule has 6 heteroatoms. The van der Waals surface area contributed by atoms with E-state index in [9.17, 15) is 13.2 Å². The highest BCUT2D eigenvalue weighted by Gasteiger charge is 2.37. The van der Waals surface area contributed by atoms with Crippen LogP contribution in [-0.2, 0) is 12.7 Å². The fourth-order valence-electron chi connectivity index (χ4n) is 2.46. The van der Waals surface area contributed by atoms with Gasteiger partial charge in [-0.3, -0.25) is 5.41 Å². The molecule has 0 atom stereocenters. The van der Waals surface area contributed by atoms with E-state index >= 15 is 0 Å². The lowest BCUT2D eigenvalue weighted by Crippen LogP contribution is -2.26. The molecule has 21 heavy (non-hydrogen) atoms. The quantitative estimate of drug-likeness (QED) is 0.781.